The summed E-state index contributed by atoms with van der Waals surface area (Å²) in [7, 11) is 0. The summed E-state index contributed by atoms with van der Waals surface area (Å²) in [5.41, 5.74) is 3.61. The fourth-order valence-electron chi connectivity index (χ4n) is 3.34. The van der Waals surface area contributed by atoms with E-state index in [1.54, 1.807) is 60.7 Å². The van der Waals surface area contributed by atoms with Gasteiger partial charge in [-0.15, -0.1) is 0 Å². The number of aromatic nitrogens is 2. The number of hydrogen-bond donors (Lipinski definition) is 3. The molecule has 1 atom stereocenters. The first kappa shape index (κ1) is 22.3. The first-order valence-corrected chi connectivity index (χ1v) is 10.5. The van der Waals surface area contributed by atoms with E-state index in [1.165, 1.54) is 6.21 Å². The van der Waals surface area contributed by atoms with E-state index >= 15 is 0 Å². The van der Waals surface area contributed by atoms with Crippen LogP contribution in [0.4, 0.5) is 0 Å². The molecule has 2 amide bonds. The lowest BCUT2D eigenvalue weighted by molar-refractivity contribution is -0.123. The predicted octanol–water partition coefficient (Wildman–Crippen LogP) is 3.21. The number of benzene rings is 3. The van der Waals surface area contributed by atoms with E-state index < -0.39 is 23.4 Å². The summed E-state index contributed by atoms with van der Waals surface area (Å²) in [5, 5.41) is 13.9. The van der Waals surface area contributed by atoms with E-state index in [2.05, 4.69) is 26.0 Å². The van der Waals surface area contributed by atoms with Crippen LogP contribution in [0.25, 0.3) is 16.8 Å². The maximum atomic E-state index is 13.1. The van der Waals surface area contributed by atoms with Gasteiger partial charge in [0.25, 0.3) is 17.4 Å². The van der Waals surface area contributed by atoms with Crippen LogP contribution >= 0.6 is 0 Å². The Bertz CT molecular complexity index is 1410. The number of hydrazone groups is 1. The first-order valence-electron chi connectivity index (χ1n) is 10.5. The van der Waals surface area contributed by atoms with Crippen LogP contribution in [-0.4, -0.2) is 28.2 Å². The van der Waals surface area contributed by atoms with Crippen LogP contribution in [0.1, 0.15) is 27.7 Å². The summed E-state index contributed by atoms with van der Waals surface area (Å²) >= 11 is 0. The fraction of sp³-hybridized carbons (Fsp3) is 0.0385. The number of hydrogen-bond acceptors (Lipinski definition) is 5. The Morgan fingerprint density at radius 2 is 1.53 bits per heavy atom. The van der Waals surface area contributed by atoms with E-state index in [4.69, 9.17) is 0 Å². The summed E-state index contributed by atoms with van der Waals surface area (Å²) < 4.78 is 0. The molecule has 0 saturated carbocycles. The molecule has 0 aliphatic rings. The number of allylic oxidation sites excluding steroid dienone is 1. The highest BCUT2D eigenvalue weighted by Gasteiger charge is 2.27. The largest absolute Gasteiger partial charge is 0.335 e. The number of fused-ring (bicyclic) bond motifs is 1. The normalized spacial score (nSPS) is 12.1. The monoisotopic (exact) mass is 451 g/mol. The summed E-state index contributed by atoms with van der Waals surface area (Å²) in [4.78, 5) is 38.1. The molecule has 3 aromatic carbocycles. The van der Waals surface area contributed by atoms with Crippen LogP contribution in [0, 0.1) is 0 Å². The molecule has 8 heteroatoms. The maximum Gasteiger partial charge on any atom is 0.272 e. The second-order valence-corrected chi connectivity index (χ2v) is 7.28. The third-order valence-electron chi connectivity index (χ3n) is 5.00. The quantitative estimate of drug-likeness (QED) is 0.295. The Morgan fingerprint density at radius 3 is 2.26 bits per heavy atom. The number of nitrogens with one attached hydrogen (secondary N) is 3. The van der Waals surface area contributed by atoms with Crippen LogP contribution < -0.4 is 16.3 Å². The van der Waals surface area contributed by atoms with Crippen molar-refractivity contribution in [2.24, 2.45) is 5.10 Å². The highest BCUT2D eigenvalue weighted by atomic mass is 16.2. The molecule has 34 heavy (non-hydrogen) atoms. The molecule has 0 unspecified atom stereocenters. The minimum Gasteiger partial charge on any atom is -0.335 e. The van der Waals surface area contributed by atoms with E-state index in [9.17, 15) is 14.4 Å². The Kier molecular flexibility index (Phi) is 7.00. The van der Waals surface area contributed by atoms with Crippen molar-refractivity contribution in [1.29, 1.82) is 0 Å². The first-order chi connectivity index (χ1) is 16.6. The molecule has 8 nitrogen and oxygen atoms in total. The molecular weight excluding hydrogens is 430 g/mol. The third-order valence-corrected chi connectivity index (χ3v) is 5.00. The van der Waals surface area contributed by atoms with Gasteiger partial charge in [-0.25, -0.2) is 10.5 Å². The van der Waals surface area contributed by atoms with Gasteiger partial charge in [0.1, 0.15) is 5.69 Å². The van der Waals surface area contributed by atoms with Crippen LogP contribution in [0.3, 0.4) is 0 Å². The van der Waals surface area contributed by atoms with E-state index in [1.807, 2.05) is 36.4 Å². The van der Waals surface area contributed by atoms with Crippen LogP contribution in [0.5, 0.6) is 0 Å². The van der Waals surface area contributed by atoms with E-state index in [-0.39, 0.29) is 5.69 Å². The molecule has 4 aromatic rings. The lowest BCUT2D eigenvalue weighted by Crippen LogP contribution is -2.40. The van der Waals surface area contributed by atoms with Gasteiger partial charge in [0.15, 0.2) is 6.04 Å². The SMILES string of the molecule is O=C(N[C@@H](C(=O)N/N=C\C=C/c1ccccc1)c1n[nH]c(=O)c2ccccc12)c1ccccc1. The van der Waals surface area contributed by atoms with Crippen molar-refractivity contribution in [3.05, 3.63) is 118 Å². The molecule has 0 fully saturated rings. The van der Waals surface area contributed by atoms with Crippen molar-refractivity contribution >= 4 is 34.9 Å². The number of H-pyrrole nitrogens is 1. The van der Waals surface area contributed by atoms with Crippen LogP contribution in [-0.2, 0) is 4.79 Å². The second kappa shape index (κ2) is 10.6. The van der Waals surface area contributed by atoms with E-state index in [0.717, 1.165) is 5.56 Å². The Balaban J connectivity index is 1.60. The number of carbonyl (C=O) groups is 2. The lowest BCUT2D eigenvalue weighted by atomic mass is 10.0. The maximum absolute atomic E-state index is 13.1. The van der Waals surface area contributed by atoms with Gasteiger partial charge in [0.2, 0.25) is 0 Å². The number of rotatable bonds is 7. The van der Waals surface area contributed by atoms with Gasteiger partial charge in [-0.2, -0.15) is 10.2 Å². The Labute approximate surface area is 195 Å². The standard InChI is InChI=1S/C26H21N5O3/c32-24(19-13-5-2-6-14-19)28-23(22-20-15-7-8-16-21(20)25(33)31-29-22)26(34)30-27-17-9-12-18-10-3-1-4-11-18/h1-17,23H,(H,28,32)(H,30,34)(H,31,33)/b12-9-,27-17-/t23-/m1/s1. The lowest BCUT2D eigenvalue weighted by Gasteiger charge is -2.18. The molecule has 1 aromatic heterocycles. The molecule has 3 N–H and O–H groups in total. The van der Waals surface area contributed by atoms with Gasteiger partial charge >= 0.3 is 0 Å². The van der Waals surface area contributed by atoms with Crippen molar-refractivity contribution < 1.29 is 9.59 Å². The van der Waals surface area contributed by atoms with Crippen molar-refractivity contribution in [2.75, 3.05) is 0 Å². The molecule has 1 heterocycles. The highest BCUT2D eigenvalue weighted by Crippen LogP contribution is 2.20. The molecule has 0 spiro atoms. The fourth-order valence-corrected chi connectivity index (χ4v) is 3.34. The average molecular weight is 451 g/mol. The minimum absolute atomic E-state index is 0.201. The number of nitrogens with zero attached hydrogens (tertiary/aromatic N) is 2. The molecule has 0 bridgehead atoms. The molecule has 0 radical (unpaired) electrons. The Hall–Kier alpha value is -4.85. The zero-order chi connectivity index (χ0) is 23.8. The predicted molar refractivity (Wildman–Crippen MR) is 131 cm³/mol. The average Bonchev–Trinajstić information content (AvgIpc) is 2.88. The molecule has 4 rings (SSSR count). The molecule has 0 aliphatic carbocycles. The third kappa shape index (κ3) is 5.31. The summed E-state index contributed by atoms with van der Waals surface area (Å²) in [5.74, 6) is -1.08. The van der Waals surface area contributed by atoms with Gasteiger partial charge < -0.3 is 5.32 Å². The number of carbonyl (C=O) groups excluding carboxylic acids is 2. The second-order valence-electron chi connectivity index (χ2n) is 7.28. The summed E-state index contributed by atoms with van der Waals surface area (Å²) in [6, 6.07) is 23.7. The summed E-state index contributed by atoms with van der Waals surface area (Å²) in [6.45, 7) is 0. The van der Waals surface area contributed by atoms with Crippen LogP contribution in [0.2, 0.25) is 0 Å². The van der Waals surface area contributed by atoms with Crippen molar-refractivity contribution in [1.82, 2.24) is 20.9 Å². The highest BCUT2D eigenvalue weighted by molar-refractivity contribution is 5.99. The Morgan fingerprint density at radius 1 is 0.882 bits per heavy atom. The van der Waals surface area contributed by atoms with E-state index in [0.29, 0.717) is 16.3 Å². The van der Waals surface area contributed by atoms with Gasteiger partial charge in [0.05, 0.1) is 5.39 Å². The zero-order valence-corrected chi connectivity index (χ0v) is 18.0. The minimum atomic E-state index is -1.20. The smallest absolute Gasteiger partial charge is 0.272 e. The van der Waals surface area contributed by atoms with Gasteiger partial charge in [-0.05, 0) is 29.8 Å². The van der Waals surface area contributed by atoms with Gasteiger partial charge in [0, 0.05) is 17.2 Å². The van der Waals surface area contributed by atoms with Crippen molar-refractivity contribution in [2.45, 2.75) is 6.04 Å². The topological polar surface area (TPSA) is 116 Å². The number of aromatic amines is 1. The van der Waals surface area contributed by atoms with Gasteiger partial charge in [-0.3, -0.25) is 14.4 Å². The molecule has 168 valence electrons. The zero-order valence-electron chi connectivity index (χ0n) is 18.0. The molecule has 0 saturated heterocycles. The van der Waals surface area contributed by atoms with Crippen LogP contribution in [0.15, 0.2) is 101 Å². The van der Waals surface area contributed by atoms with Crippen molar-refractivity contribution in [3.8, 4) is 0 Å². The molecule has 0 aliphatic heterocycles. The molecular formula is C26H21N5O3. The van der Waals surface area contributed by atoms with Gasteiger partial charge in [-0.1, -0.05) is 72.8 Å². The van der Waals surface area contributed by atoms with Crippen molar-refractivity contribution in [3.63, 3.8) is 0 Å². The number of amides is 2. The summed E-state index contributed by atoms with van der Waals surface area (Å²) in [6.07, 6.45) is 4.95.